The Morgan fingerprint density at radius 1 is 1.43 bits per heavy atom. The molecule has 1 aliphatic rings. The van der Waals surface area contributed by atoms with Gasteiger partial charge in [-0.2, -0.15) is 0 Å². The van der Waals surface area contributed by atoms with Crippen LogP contribution in [0.3, 0.4) is 0 Å². The number of rotatable bonds is 4. The average molecular weight is 197 g/mol. The largest absolute Gasteiger partial charge is 0.462 e. The van der Waals surface area contributed by atoms with Gasteiger partial charge in [0.2, 0.25) is 0 Å². The van der Waals surface area contributed by atoms with E-state index in [0.29, 0.717) is 18.3 Å². The third-order valence-corrected chi connectivity index (χ3v) is 2.37. The van der Waals surface area contributed by atoms with Crippen LogP contribution in [0.2, 0.25) is 0 Å². The lowest BCUT2D eigenvalue weighted by molar-refractivity contribution is 0.189. The highest BCUT2D eigenvalue weighted by Gasteiger charge is 2.14. The van der Waals surface area contributed by atoms with Crippen molar-refractivity contribution in [1.82, 2.24) is 5.32 Å². The van der Waals surface area contributed by atoms with Gasteiger partial charge in [0.1, 0.15) is 18.1 Å². The van der Waals surface area contributed by atoms with Gasteiger partial charge in [-0.15, -0.1) is 0 Å². The van der Waals surface area contributed by atoms with E-state index in [2.05, 4.69) is 5.32 Å². The molecule has 0 amide bonds. The van der Waals surface area contributed by atoms with E-state index in [4.69, 9.17) is 14.3 Å². The molecule has 0 aliphatic carbocycles. The van der Waals surface area contributed by atoms with E-state index in [9.17, 15) is 0 Å². The lowest BCUT2D eigenvalue weighted by Crippen LogP contribution is -2.28. The Hall–Kier alpha value is -0.840. The normalized spacial score (nSPS) is 21.6. The van der Waals surface area contributed by atoms with Crippen molar-refractivity contribution in [2.24, 2.45) is 0 Å². The summed E-state index contributed by atoms with van der Waals surface area (Å²) in [6, 6.07) is 4.12. The van der Waals surface area contributed by atoms with Crippen LogP contribution in [0.4, 0.5) is 0 Å². The first-order valence-corrected chi connectivity index (χ1v) is 4.88. The van der Waals surface area contributed by atoms with Crippen LogP contribution in [-0.4, -0.2) is 24.4 Å². The van der Waals surface area contributed by atoms with Crippen molar-refractivity contribution in [2.75, 3.05) is 13.2 Å². The van der Waals surface area contributed by atoms with Crippen LogP contribution in [0, 0.1) is 0 Å². The van der Waals surface area contributed by atoms with Gasteiger partial charge in [0, 0.05) is 12.6 Å². The van der Waals surface area contributed by atoms with E-state index >= 15 is 0 Å². The summed E-state index contributed by atoms with van der Waals surface area (Å²) >= 11 is 0. The molecule has 1 atom stereocenters. The van der Waals surface area contributed by atoms with Crippen LogP contribution in [0.15, 0.2) is 16.5 Å². The molecule has 4 nitrogen and oxygen atoms in total. The number of aliphatic hydroxyl groups excluding tert-OH is 1. The molecule has 1 saturated heterocycles. The van der Waals surface area contributed by atoms with Crippen LogP contribution in [-0.2, 0) is 17.9 Å². The lowest BCUT2D eigenvalue weighted by atomic mass is 10.2. The van der Waals surface area contributed by atoms with E-state index in [1.807, 2.05) is 6.07 Å². The third kappa shape index (κ3) is 2.35. The number of furan rings is 1. The minimum absolute atomic E-state index is 0.0352. The maximum Gasteiger partial charge on any atom is 0.129 e. The van der Waals surface area contributed by atoms with E-state index < -0.39 is 0 Å². The van der Waals surface area contributed by atoms with Crippen molar-refractivity contribution >= 4 is 0 Å². The van der Waals surface area contributed by atoms with Crippen molar-refractivity contribution in [3.05, 3.63) is 23.7 Å². The zero-order valence-electron chi connectivity index (χ0n) is 8.03. The molecule has 0 bridgehead atoms. The highest BCUT2D eigenvalue weighted by Crippen LogP contribution is 2.09. The van der Waals surface area contributed by atoms with E-state index in [-0.39, 0.29) is 6.61 Å². The molecule has 2 rings (SSSR count). The zero-order chi connectivity index (χ0) is 9.80. The first-order valence-electron chi connectivity index (χ1n) is 4.88. The van der Waals surface area contributed by atoms with Crippen LogP contribution >= 0.6 is 0 Å². The fourth-order valence-corrected chi connectivity index (χ4v) is 1.54. The molecule has 2 N–H and O–H groups in total. The Morgan fingerprint density at radius 3 is 2.93 bits per heavy atom. The predicted octanol–water partition coefficient (Wildman–Crippen LogP) is 0.650. The molecule has 1 aliphatic heterocycles. The number of ether oxygens (including phenoxy) is 1. The van der Waals surface area contributed by atoms with Gasteiger partial charge in [0.05, 0.1) is 13.2 Å². The summed E-state index contributed by atoms with van der Waals surface area (Å²) in [6.45, 7) is 2.30. The first kappa shape index (κ1) is 9.71. The predicted molar refractivity (Wildman–Crippen MR) is 50.7 cm³/mol. The first-order chi connectivity index (χ1) is 6.88. The topological polar surface area (TPSA) is 54.6 Å². The van der Waals surface area contributed by atoms with Gasteiger partial charge in [-0.1, -0.05) is 0 Å². The Bertz CT molecular complexity index is 279. The zero-order valence-corrected chi connectivity index (χ0v) is 8.03. The van der Waals surface area contributed by atoms with Crippen molar-refractivity contribution in [1.29, 1.82) is 0 Å². The molecule has 0 aromatic carbocycles. The second kappa shape index (κ2) is 4.59. The van der Waals surface area contributed by atoms with Crippen LogP contribution < -0.4 is 5.32 Å². The fraction of sp³-hybridized carbons (Fsp3) is 0.600. The fourth-order valence-electron chi connectivity index (χ4n) is 1.54. The number of nitrogens with one attached hydrogen (secondary N) is 1. The lowest BCUT2D eigenvalue weighted by Gasteiger charge is -2.07. The maximum atomic E-state index is 8.80. The molecule has 14 heavy (non-hydrogen) atoms. The summed E-state index contributed by atoms with van der Waals surface area (Å²) in [4.78, 5) is 0. The van der Waals surface area contributed by atoms with Crippen molar-refractivity contribution in [3.8, 4) is 0 Å². The second-order valence-corrected chi connectivity index (χ2v) is 3.47. The number of aliphatic hydroxyl groups is 1. The molecule has 1 aromatic heterocycles. The van der Waals surface area contributed by atoms with E-state index in [1.54, 1.807) is 6.07 Å². The van der Waals surface area contributed by atoms with Gasteiger partial charge in [-0.3, -0.25) is 0 Å². The van der Waals surface area contributed by atoms with Crippen molar-refractivity contribution in [2.45, 2.75) is 25.6 Å². The highest BCUT2D eigenvalue weighted by atomic mass is 16.5. The Balaban J connectivity index is 1.79. The van der Waals surface area contributed by atoms with Gasteiger partial charge in [0.15, 0.2) is 0 Å². The van der Waals surface area contributed by atoms with Crippen molar-refractivity contribution in [3.63, 3.8) is 0 Å². The summed E-state index contributed by atoms with van der Waals surface area (Å²) in [5.41, 5.74) is 0. The highest BCUT2D eigenvalue weighted by molar-refractivity contribution is 5.06. The maximum absolute atomic E-state index is 8.80. The standard InChI is InChI=1S/C10H15NO3/c12-6-10-2-1-9(14-10)5-11-8-3-4-13-7-8/h1-2,8,11-12H,3-7H2. The molecule has 0 saturated carbocycles. The minimum atomic E-state index is -0.0352. The smallest absolute Gasteiger partial charge is 0.129 e. The van der Waals surface area contributed by atoms with Gasteiger partial charge in [0.25, 0.3) is 0 Å². The Morgan fingerprint density at radius 2 is 2.29 bits per heavy atom. The average Bonchev–Trinajstić information content (AvgIpc) is 2.86. The summed E-state index contributed by atoms with van der Waals surface area (Å²) in [6.07, 6.45) is 1.06. The molecular weight excluding hydrogens is 182 g/mol. The van der Waals surface area contributed by atoms with Gasteiger partial charge < -0.3 is 19.6 Å². The molecule has 0 radical (unpaired) electrons. The van der Waals surface area contributed by atoms with Gasteiger partial charge in [-0.05, 0) is 18.6 Å². The molecule has 1 aromatic rings. The molecule has 4 heteroatoms. The van der Waals surface area contributed by atoms with Crippen LogP contribution in [0.5, 0.6) is 0 Å². The quantitative estimate of drug-likeness (QED) is 0.744. The SMILES string of the molecule is OCc1ccc(CNC2CCOC2)o1. The third-order valence-electron chi connectivity index (χ3n) is 2.37. The summed E-state index contributed by atoms with van der Waals surface area (Å²) < 4.78 is 10.6. The molecule has 1 unspecified atom stereocenters. The monoisotopic (exact) mass is 197 g/mol. The van der Waals surface area contributed by atoms with E-state index in [0.717, 1.165) is 25.4 Å². The van der Waals surface area contributed by atoms with Crippen LogP contribution in [0.1, 0.15) is 17.9 Å². The Labute approximate surface area is 82.9 Å². The minimum Gasteiger partial charge on any atom is -0.462 e. The summed E-state index contributed by atoms with van der Waals surface area (Å²) in [5.74, 6) is 1.48. The number of hydrogen-bond donors (Lipinski definition) is 2. The van der Waals surface area contributed by atoms with Gasteiger partial charge >= 0.3 is 0 Å². The second-order valence-electron chi connectivity index (χ2n) is 3.47. The molecule has 0 spiro atoms. The molecule has 1 fully saturated rings. The number of hydrogen-bond acceptors (Lipinski definition) is 4. The molecule has 2 heterocycles. The van der Waals surface area contributed by atoms with Gasteiger partial charge in [-0.25, -0.2) is 0 Å². The molecular formula is C10H15NO3. The molecule has 78 valence electrons. The van der Waals surface area contributed by atoms with Crippen LogP contribution in [0.25, 0.3) is 0 Å². The van der Waals surface area contributed by atoms with Crippen molar-refractivity contribution < 1.29 is 14.3 Å². The summed E-state index contributed by atoms with van der Waals surface area (Å²) in [5, 5.41) is 12.1. The van der Waals surface area contributed by atoms with E-state index in [1.165, 1.54) is 0 Å². The summed E-state index contributed by atoms with van der Waals surface area (Å²) in [7, 11) is 0. The Kier molecular flexibility index (Phi) is 3.18.